The average molecular weight is 369 g/mol. The summed E-state index contributed by atoms with van der Waals surface area (Å²) in [6, 6.07) is 6.03. The summed E-state index contributed by atoms with van der Waals surface area (Å²) in [4.78, 5) is 23.4. The zero-order valence-corrected chi connectivity index (χ0v) is 16.0. The summed E-state index contributed by atoms with van der Waals surface area (Å²) in [6.07, 6.45) is 3.98. The molecule has 2 heterocycles. The Morgan fingerprint density at radius 2 is 1.96 bits per heavy atom. The van der Waals surface area contributed by atoms with E-state index in [2.05, 4.69) is 32.4 Å². The number of anilines is 2. The first-order chi connectivity index (χ1) is 13.2. The van der Waals surface area contributed by atoms with Gasteiger partial charge in [-0.1, -0.05) is 25.1 Å². The Kier molecular flexibility index (Phi) is 6.73. The van der Waals surface area contributed by atoms with Gasteiger partial charge in [-0.15, -0.1) is 0 Å². The molecule has 1 aliphatic rings. The lowest BCUT2D eigenvalue weighted by Crippen LogP contribution is -2.39. The molecule has 0 radical (unpaired) electrons. The Bertz CT molecular complexity index is 757. The van der Waals surface area contributed by atoms with Crippen molar-refractivity contribution in [2.24, 2.45) is 0 Å². The second-order valence-corrected chi connectivity index (χ2v) is 6.59. The predicted molar refractivity (Wildman–Crippen MR) is 106 cm³/mol. The second-order valence-electron chi connectivity index (χ2n) is 6.59. The molecular formula is C20H27N5O2. The molecule has 1 aromatic heterocycles. The second kappa shape index (κ2) is 9.43. The molecule has 0 saturated carbocycles. The number of benzene rings is 1. The normalized spacial score (nSPS) is 14.7. The van der Waals surface area contributed by atoms with E-state index >= 15 is 0 Å². The van der Waals surface area contributed by atoms with E-state index in [9.17, 15) is 4.79 Å². The molecule has 7 heteroatoms. The number of ether oxygens (including phenoxy) is 1. The molecule has 2 aromatic rings. The van der Waals surface area contributed by atoms with Crippen molar-refractivity contribution in [2.75, 3.05) is 50.0 Å². The summed E-state index contributed by atoms with van der Waals surface area (Å²) >= 11 is 0. The van der Waals surface area contributed by atoms with Crippen molar-refractivity contribution in [3.63, 3.8) is 0 Å². The summed E-state index contributed by atoms with van der Waals surface area (Å²) in [5, 5.41) is 6.19. The third-order valence-corrected chi connectivity index (χ3v) is 4.71. The number of morpholine rings is 1. The van der Waals surface area contributed by atoms with Crippen molar-refractivity contribution in [3.05, 3.63) is 47.3 Å². The first kappa shape index (κ1) is 19.3. The molecule has 1 amide bonds. The number of para-hydroxylation sites is 1. The van der Waals surface area contributed by atoms with Crippen LogP contribution in [0.15, 0.2) is 30.6 Å². The largest absolute Gasteiger partial charge is 0.379 e. The molecule has 1 aliphatic heterocycles. The van der Waals surface area contributed by atoms with Crippen LogP contribution in [0.5, 0.6) is 0 Å². The van der Waals surface area contributed by atoms with Crippen molar-refractivity contribution >= 4 is 17.5 Å². The summed E-state index contributed by atoms with van der Waals surface area (Å²) < 4.78 is 5.34. The summed E-state index contributed by atoms with van der Waals surface area (Å²) in [5.74, 6) is 0.337. The van der Waals surface area contributed by atoms with Crippen LogP contribution in [-0.4, -0.2) is 60.2 Å². The van der Waals surface area contributed by atoms with Crippen molar-refractivity contribution in [1.82, 2.24) is 14.9 Å². The van der Waals surface area contributed by atoms with E-state index in [0.717, 1.165) is 62.6 Å². The molecule has 0 spiro atoms. The van der Waals surface area contributed by atoms with Crippen LogP contribution in [0.1, 0.15) is 28.4 Å². The molecule has 0 aliphatic carbocycles. The minimum Gasteiger partial charge on any atom is -0.379 e. The van der Waals surface area contributed by atoms with E-state index in [4.69, 9.17) is 4.74 Å². The fraction of sp³-hybridized carbons (Fsp3) is 0.450. The van der Waals surface area contributed by atoms with Gasteiger partial charge in [0.2, 0.25) is 5.95 Å². The summed E-state index contributed by atoms with van der Waals surface area (Å²) in [5.41, 5.74) is 3.48. The van der Waals surface area contributed by atoms with E-state index < -0.39 is 0 Å². The predicted octanol–water partition coefficient (Wildman–Crippen LogP) is 2.34. The Labute approximate surface area is 160 Å². The van der Waals surface area contributed by atoms with Gasteiger partial charge in [-0.2, -0.15) is 0 Å². The molecule has 1 saturated heterocycles. The number of nitrogens with one attached hydrogen (secondary N) is 2. The van der Waals surface area contributed by atoms with Gasteiger partial charge in [0, 0.05) is 44.3 Å². The highest BCUT2D eigenvalue weighted by Gasteiger charge is 2.12. The van der Waals surface area contributed by atoms with Gasteiger partial charge in [-0.3, -0.25) is 9.69 Å². The van der Waals surface area contributed by atoms with Crippen LogP contribution in [0.25, 0.3) is 0 Å². The minimum absolute atomic E-state index is 0.195. The smallest absolute Gasteiger partial charge is 0.258 e. The maximum absolute atomic E-state index is 12.5. The van der Waals surface area contributed by atoms with Gasteiger partial charge < -0.3 is 15.4 Å². The number of hydrogen-bond acceptors (Lipinski definition) is 6. The molecule has 0 atom stereocenters. The molecule has 0 unspecified atom stereocenters. The van der Waals surface area contributed by atoms with Crippen LogP contribution in [0.3, 0.4) is 0 Å². The number of hydrogen-bond donors (Lipinski definition) is 2. The van der Waals surface area contributed by atoms with Gasteiger partial charge in [0.05, 0.1) is 18.8 Å². The highest BCUT2D eigenvalue weighted by Crippen LogP contribution is 2.21. The van der Waals surface area contributed by atoms with E-state index in [1.165, 1.54) is 0 Å². The van der Waals surface area contributed by atoms with Gasteiger partial charge in [-0.25, -0.2) is 9.97 Å². The quantitative estimate of drug-likeness (QED) is 0.780. The zero-order chi connectivity index (χ0) is 19.1. The Morgan fingerprint density at radius 3 is 2.67 bits per heavy atom. The highest BCUT2D eigenvalue weighted by molar-refractivity contribution is 6.04. The van der Waals surface area contributed by atoms with E-state index in [0.29, 0.717) is 11.5 Å². The van der Waals surface area contributed by atoms with Crippen molar-refractivity contribution in [2.45, 2.75) is 20.3 Å². The van der Waals surface area contributed by atoms with Crippen molar-refractivity contribution < 1.29 is 9.53 Å². The fourth-order valence-corrected chi connectivity index (χ4v) is 3.07. The van der Waals surface area contributed by atoms with Crippen LogP contribution in [-0.2, 0) is 11.2 Å². The number of amides is 1. The molecule has 144 valence electrons. The van der Waals surface area contributed by atoms with Crippen LogP contribution >= 0.6 is 0 Å². The van der Waals surface area contributed by atoms with Gasteiger partial charge in [0.1, 0.15) is 0 Å². The SMILES string of the molecule is CCc1cccc(C)c1NC(=O)c1cnc(NCCN2CCOCC2)nc1. The van der Waals surface area contributed by atoms with Crippen LogP contribution in [0.4, 0.5) is 11.6 Å². The molecule has 7 nitrogen and oxygen atoms in total. The standard InChI is InChI=1S/C20H27N5O2/c1-3-16-6-4-5-15(2)18(16)24-19(26)17-13-22-20(23-14-17)21-7-8-25-9-11-27-12-10-25/h4-6,13-14H,3,7-12H2,1-2H3,(H,24,26)(H,21,22,23). The number of nitrogens with zero attached hydrogens (tertiary/aromatic N) is 3. The van der Waals surface area contributed by atoms with Crippen LogP contribution in [0, 0.1) is 6.92 Å². The Balaban J connectivity index is 1.54. The summed E-state index contributed by atoms with van der Waals surface area (Å²) in [6.45, 7) is 9.25. The van der Waals surface area contributed by atoms with Gasteiger partial charge in [0.15, 0.2) is 0 Å². The van der Waals surface area contributed by atoms with E-state index in [-0.39, 0.29) is 5.91 Å². The topological polar surface area (TPSA) is 79.4 Å². The molecule has 0 bridgehead atoms. The number of aromatic nitrogens is 2. The van der Waals surface area contributed by atoms with Crippen molar-refractivity contribution in [3.8, 4) is 0 Å². The van der Waals surface area contributed by atoms with Crippen LogP contribution in [0.2, 0.25) is 0 Å². The minimum atomic E-state index is -0.195. The number of aryl methyl sites for hydroxylation is 2. The molecule has 1 aromatic carbocycles. The maximum atomic E-state index is 12.5. The lowest BCUT2D eigenvalue weighted by Gasteiger charge is -2.26. The number of rotatable bonds is 7. The summed E-state index contributed by atoms with van der Waals surface area (Å²) in [7, 11) is 0. The fourth-order valence-electron chi connectivity index (χ4n) is 3.07. The third kappa shape index (κ3) is 5.24. The van der Waals surface area contributed by atoms with Crippen molar-refractivity contribution in [1.29, 1.82) is 0 Å². The lowest BCUT2D eigenvalue weighted by molar-refractivity contribution is 0.0398. The van der Waals surface area contributed by atoms with Gasteiger partial charge >= 0.3 is 0 Å². The monoisotopic (exact) mass is 369 g/mol. The molecule has 3 rings (SSSR count). The van der Waals surface area contributed by atoms with Gasteiger partial charge in [-0.05, 0) is 24.5 Å². The highest BCUT2D eigenvalue weighted by atomic mass is 16.5. The molecular weight excluding hydrogens is 342 g/mol. The Morgan fingerprint density at radius 1 is 1.22 bits per heavy atom. The average Bonchev–Trinajstić information content (AvgIpc) is 2.71. The van der Waals surface area contributed by atoms with Crippen LogP contribution < -0.4 is 10.6 Å². The lowest BCUT2D eigenvalue weighted by atomic mass is 10.1. The Hall–Kier alpha value is -2.51. The van der Waals surface area contributed by atoms with E-state index in [1.54, 1.807) is 12.4 Å². The first-order valence-electron chi connectivity index (χ1n) is 9.43. The molecule has 1 fully saturated rings. The molecule has 2 N–H and O–H groups in total. The zero-order valence-electron chi connectivity index (χ0n) is 16.0. The first-order valence-corrected chi connectivity index (χ1v) is 9.43. The maximum Gasteiger partial charge on any atom is 0.258 e. The number of carbonyl (C=O) groups is 1. The van der Waals surface area contributed by atoms with Gasteiger partial charge in [0.25, 0.3) is 5.91 Å². The number of carbonyl (C=O) groups excluding carboxylic acids is 1. The molecule has 27 heavy (non-hydrogen) atoms. The van der Waals surface area contributed by atoms with E-state index in [1.807, 2.05) is 25.1 Å². The third-order valence-electron chi connectivity index (χ3n) is 4.71.